The third-order valence-electron chi connectivity index (χ3n) is 13.6. The summed E-state index contributed by atoms with van der Waals surface area (Å²) >= 11 is 0. The van der Waals surface area contributed by atoms with Crippen molar-refractivity contribution in [1.82, 2.24) is 0 Å². The molecule has 0 N–H and O–H groups in total. The molecule has 0 saturated carbocycles. The molecule has 2 atom stereocenters. The molecule has 0 rings (SSSR count). The van der Waals surface area contributed by atoms with E-state index in [-0.39, 0.29) is 31.1 Å². The van der Waals surface area contributed by atoms with E-state index >= 15 is 0 Å². The summed E-state index contributed by atoms with van der Waals surface area (Å²) in [5.41, 5.74) is 0. The average molecular weight is 906 g/mol. The van der Waals surface area contributed by atoms with Gasteiger partial charge in [-0.25, -0.2) is 0 Å². The van der Waals surface area contributed by atoms with Gasteiger partial charge in [0.15, 0.2) is 6.10 Å². The summed E-state index contributed by atoms with van der Waals surface area (Å²) in [6.07, 6.45) is 53.7. The molecular formula is C58H112O6. The van der Waals surface area contributed by atoms with E-state index in [1.165, 1.54) is 212 Å². The maximum absolute atomic E-state index is 12.8. The highest BCUT2D eigenvalue weighted by Gasteiger charge is 2.19. The molecule has 0 spiro atoms. The Bertz CT molecular complexity index is 980. The van der Waals surface area contributed by atoms with E-state index in [1.807, 2.05) is 0 Å². The Balaban J connectivity index is 4.29. The molecule has 0 aliphatic heterocycles. The number of unbranched alkanes of at least 4 members (excludes halogenated alkanes) is 36. The van der Waals surface area contributed by atoms with Gasteiger partial charge >= 0.3 is 17.9 Å². The molecule has 6 heteroatoms. The molecular weight excluding hydrogens is 793 g/mol. The number of rotatable bonds is 52. The van der Waals surface area contributed by atoms with Crippen LogP contribution in [0.3, 0.4) is 0 Å². The molecule has 0 fully saturated rings. The van der Waals surface area contributed by atoms with Crippen molar-refractivity contribution in [1.29, 1.82) is 0 Å². The molecule has 0 aliphatic rings. The van der Waals surface area contributed by atoms with Crippen molar-refractivity contribution in [3.05, 3.63) is 0 Å². The van der Waals surface area contributed by atoms with Gasteiger partial charge in [0.1, 0.15) is 13.2 Å². The smallest absolute Gasteiger partial charge is 0.306 e. The molecule has 380 valence electrons. The fraction of sp³-hybridized carbons (Fsp3) is 0.948. The topological polar surface area (TPSA) is 78.9 Å². The second kappa shape index (κ2) is 50.8. The molecule has 0 bridgehead atoms. The summed E-state index contributed by atoms with van der Waals surface area (Å²) in [6.45, 7) is 11.4. The molecule has 0 aromatic carbocycles. The fourth-order valence-corrected chi connectivity index (χ4v) is 8.84. The third kappa shape index (κ3) is 49.8. The largest absolute Gasteiger partial charge is 0.462 e. The molecule has 0 radical (unpaired) electrons. The summed E-state index contributed by atoms with van der Waals surface area (Å²) in [6, 6.07) is 0. The van der Waals surface area contributed by atoms with Crippen molar-refractivity contribution in [2.24, 2.45) is 11.8 Å². The van der Waals surface area contributed by atoms with Gasteiger partial charge in [0.2, 0.25) is 0 Å². The Kier molecular flexibility index (Phi) is 49.6. The Morgan fingerprint density at radius 1 is 0.328 bits per heavy atom. The van der Waals surface area contributed by atoms with Crippen LogP contribution < -0.4 is 0 Å². The van der Waals surface area contributed by atoms with E-state index in [9.17, 15) is 14.4 Å². The van der Waals surface area contributed by atoms with Crippen LogP contribution in [0.15, 0.2) is 0 Å². The fourth-order valence-electron chi connectivity index (χ4n) is 8.84. The predicted octanol–water partition coefficient (Wildman–Crippen LogP) is 18.9. The number of carbonyl (C=O) groups excluding carboxylic acids is 3. The van der Waals surface area contributed by atoms with Gasteiger partial charge in [-0.3, -0.25) is 14.4 Å². The SMILES string of the molecule is CCCCCCCCCCCCCCCCCCC(=O)OC[C@@H](COC(=O)CCCCCCCCCCCC(C)C)OC(=O)CCCCCCCCCCCCCCCCC(C)CC. The first-order chi connectivity index (χ1) is 31.3. The second-order valence-corrected chi connectivity index (χ2v) is 20.6. The number of hydrogen-bond donors (Lipinski definition) is 0. The zero-order chi connectivity index (χ0) is 46.8. The van der Waals surface area contributed by atoms with Crippen molar-refractivity contribution in [3.8, 4) is 0 Å². The van der Waals surface area contributed by atoms with E-state index < -0.39 is 6.10 Å². The Morgan fingerprint density at radius 3 is 0.891 bits per heavy atom. The van der Waals surface area contributed by atoms with Gasteiger partial charge in [-0.1, -0.05) is 285 Å². The minimum absolute atomic E-state index is 0.0629. The zero-order valence-electron chi connectivity index (χ0n) is 43.9. The molecule has 1 unspecified atom stereocenters. The van der Waals surface area contributed by atoms with Crippen LogP contribution in [0.4, 0.5) is 0 Å². The van der Waals surface area contributed by atoms with Crippen LogP contribution in [0.1, 0.15) is 324 Å². The Morgan fingerprint density at radius 2 is 0.594 bits per heavy atom. The molecule has 0 aliphatic carbocycles. The van der Waals surface area contributed by atoms with Crippen LogP contribution in [-0.4, -0.2) is 37.2 Å². The van der Waals surface area contributed by atoms with Gasteiger partial charge in [-0.15, -0.1) is 0 Å². The quantitative estimate of drug-likeness (QED) is 0.0344. The van der Waals surface area contributed by atoms with Crippen LogP contribution in [0.25, 0.3) is 0 Å². The van der Waals surface area contributed by atoms with Gasteiger partial charge in [-0.2, -0.15) is 0 Å². The molecule has 0 aromatic heterocycles. The van der Waals surface area contributed by atoms with Gasteiger partial charge in [0.05, 0.1) is 0 Å². The highest BCUT2D eigenvalue weighted by Crippen LogP contribution is 2.18. The monoisotopic (exact) mass is 905 g/mol. The van der Waals surface area contributed by atoms with Crippen molar-refractivity contribution >= 4 is 17.9 Å². The Labute approximate surface area is 399 Å². The first kappa shape index (κ1) is 62.4. The Hall–Kier alpha value is -1.59. The van der Waals surface area contributed by atoms with Crippen molar-refractivity contribution in [2.45, 2.75) is 330 Å². The van der Waals surface area contributed by atoms with Crippen LogP contribution >= 0.6 is 0 Å². The van der Waals surface area contributed by atoms with E-state index in [2.05, 4.69) is 34.6 Å². The molecule has 0 aromatic rings. The molecule has 0 amide bonds. The van der Waals surface area contributed by atoms with Crippen LogP contribution in [0, 0.1) is 11.8 Å². The summed E-state index contributed by atoms with van der Waals surface area (Å²) < 4.78 is 16.9. The van der Waals surface area contributed by atoms with Crippen molar-refractivity contribution in [3.63, 3.8) is 0 Å². The number of carbonyl (C=O) groups is 3. The van der Waals surface area contributed by atoms with Gasteiger partial charge in [0.25, 0.3) is 0 Å². The zero-order valence-corrected chi connectivity index (χ0v) is 43.9. The first-order valence-corrected chi connectivity index (χ1v) is 28.8. The summed E-state index contributed by atoms with van der Waals surface area (Å²) in [5, 5.41) is 0. The van der Waals surface area contributed by atoms with Crippen LogP contribution in [-0.2, 0) is 28.6 Å². The predicted molar refractivity (Wildman–Crippen MR) is 275 cm³/mol. The standard InChI is InChI=1S/C58H112O6/c1-6-8-9-10-11-12-13-14-15-16-20-23-28-33-38-43-48-56(59)62-51-55(52-63-57(60)49-44-39-34-30-25-26-31-36-41-46-53(3)4)64-58(61)50-45-40-35-29-24-21-18-17-19-22-27-32-37-42-47-54(5)7-2/h53-55H,6-52H2,1-5H3/t54?,55-/m0/s1. The van der Waals surface area contributed by atoms with Crippen molar-refractivity contribution < 1.29 is 28.6 Å². The molecule has 64 heavy (non-hydrogen) atoms. The first-order valence-electron chi connectivity index (χ1n) is 28.8. The lowest BCUT2D eigenvalue weighted by Crippen LogP contribution is -2.30. The number of esters is 3. The van der Waals surface area contributed by atoms with E-state index in [0.717, 1.165) is 69.6 Å². The maximum atomic E-state index is 12.8. The van der Waals surface area contributed by atoms with E-state index in [0.29, 0.717) is 19.3 Å². The minimum Gasteiger partial charge on any atom is -0.462 e. The van der Waals surface area contributed by atoms with E-state index in [1.54, 1.807) is 0 Å². The van der Waals surface area contributed by atoms with Crippen LogP contribution in [0.2, 0.25) is 0 Å². The highest BCUT2D eigenvalue weighted by atomic mass is 16.6. The summed E-state index contributed by atoms with van der Waals surface area (Å²) in [4.78, 5) is 38.1. The van der Waals surface area contributed by atoms with Gasteiger partial charge in [-0.05, 0) is 31.1 Å². The van der Waals surface area contributed by atoms with Gasteiger partial charge in [0, 0.05) is 19.3 Å². The molecule has 6 nitrogen and oxygen atoms in total. The van der Waals surface area contributed by atoms with E-state index in [4.69, 9.17) is 14.2 Å². The average Bonchev–Trinajstić information content (AvgIpc) is 3.28. The minimum atomic E-state index is -0.763. The van der Waals surface area contributed by atoms with Crippen molar-refractivity contribution in [2.75, 3.05) is 13.2 Å². The highest BCUT2D eigenvalue weighted by molar-refractivity contribution is 5.71. The lowest BCUT2D eigenvalue weighted by atomic mass is 9.99. The third-order valence-corrected chi connectivity index (χ3v) is 13.6. The number of hydrogen-bond acceptors (Lipinski definition) is 6. The maximum Gasteiger partial charge on any atom is 0.306 e. The molecule has 0 heterocycles. The second-order valence-electron chi connectivity index (χ2n) is 20.6. The summed E-state index contributed by atoms with van der Waals surface area (Å²) in [7, 11) is 0. The summed E-state index contributed by atoms with van der Waals surface area (Å²) in [5.74, 6) is 0.862. The normalized spacial score (nSPS) is 12.5. The molecule has 0 saturated heterocycles. The van der Waals surface area contributed by atoms with Crippen LogP contribution in [0.5, 0.6) is 0 Å². The lowest BCUT2D eigenvalue weighted by molar-refractivity contribution is -0.167. The number of ether oxygens (including phenoxy) is 3. The van der Waals surface area contributed by atoms with Gasteiger partial charge < -0.3 is 14.2 Å². The lowest BCUT2D eigenvalue weighted by Gasteiger charge is -2.18.